The van der Waals surface area contributed by atoms with E-state index in [-0.39, 0.29) is 5.52 Å². The highest BCUT2D eigenvalue weighted by molar-refractivity contribution is 5.96. The zero-order chi connectivity index (χ0) is 23.8. The van der Waals surface area contributed by atoms with Crippen LogP contribution in [0, 0.1) is 0 Å². The molecule has 2 aromatic heterocycles. The maximum absolute atomic E-state index is 13.2. The normalized spacial score (nSPS) is 11.4. The van der Waals surface area contributed by atoms with Gasteiger partial charge in [0.15, 0.2) is 0 Å². The van der Waals surface area contributed by atoms with Crippen LogP contribution >= 0.6 is 0 Å². The monoisotopic (exact) mass is 447 g/mol. The summed E-state index contributed by atoms with van der Waals surface area (Å²) >= 11 is 0. The van der Waals surface area contributed by atoms with E-state index in [1.54, 1.807) is 83.5 Å². The number of benzene rings is 2. The molecular formula is C26H25NO6. The second-order valence-electron chi connectivity index (χ2n) is 8.50. The van der Waals surface area contributed by atoms with Gasteiger partial charge in [0.1, 0.15) is 28.4 Å². The van der Waals surface area contributed by atoms with E-state index in [1.807, 2.05) is 12.1 Å². The van der Waals surface area contributed by atoms with E-state index in [4.69, 9.17) is 18.6 Å². The van der Waals surface area contributed by atoms with Crippen LogP contribution in [0.15, 0.2) is 69.9 Å². The number of aromatic nitrogens is 1. The van der Waals surface area contributed by atoms with Crippen molar-refractivity contribution < 1.29 is 23.4 Å². The van der Waals surface area contributed by atoms with Gasteiger partial charge >= 0.3 is 11.7 Å². The Bertz CT molecular complexity index is 1360. The number of nitrogens with zero attached hydrogens (tertiary/aromatic N) is 1. The quantitative estimate of drug-likeness (QED) is 0.398. The first kappa shape index (κ1) is 22.2. The minimum atomic E-state index is -0.742. The lowest BCUT2D eigenvalue weighted by atomic mass is 10.1. The second-order valence-corrected chi connectivity index (χ2v) is 8.50. The summed E-state index contributed by atoms with van der Waals surface area (Å²) in [6, 6.07) is 17.9. The van der Waals surface area contributed by atoms with Crippen LogP contribution in [0.1, 0.15) is 20.8 Å². The lowest BCUT2D eigenvalue weighted by molar-refractivity contribution is 0.0546. The van der Waals surface area contributed by atoms with E-state index in [0.29, 0.717) is 33.9 Å². The Hall–Kier alpha value is -4.00. The van der Waals surface area contributed by atoms with Gasteiger partial charge in [-0.3, -0.25) is 0 Å². The number of hydrogen-bond donors (Lipinski definition) is 0. The third-order valence-corrected chi connectivity index (χ3v) is 5.05. The minimum absolute atomic E-state index is 0.118. The van der Waals surface area contributed by atoms with Crippen molar-refractivity contribution in [2.45, 2.75) is 26.4 Å². The van der Waals surface area contributed by atoms with Gasteiger partial charge in [0.25, 0.3) is 0 Å². The Morgan fingerprint density at radius 1 is 0.848 bits per heavy atom. The molecule has 0 bridgehead atoms. The van der Waals surface area contributed by atoms with Crippen molar-refractivity contribution in [1.82, 2.24) is 4.57 Å². The molecule has 0 atom stereocenters. The summed E-state index contributed by atoms with van der Waals surface area (Å²) in [4.78, 5) is 26.2. The maximum Gasteiger partial charge on any atom is 0.419 e. The van der Waals surface area contributed by atoms with Crippen molar-refractivity contribution in [2.75, 3.05) is 14.2 Å². The van der Waals surface area contributed by atoms with Crippen molar-refractivity contribution in [3.63, 3.8) is 0 Å². The number of carbonyl (C=O) groups is 1. The van der Waals surface area contributed by atoms with Crippen LogP contribution in [0.5, 0.6) is 11.5 Å². The van der Waals surface area contributed by atoms with Crippen LogP contribution in [0.2, 0.25) is 0 Å². The highest BCUT2D eigenvalue weighted by Gasteiger charge is 2.25. The van der Waals surface area contributed by atoms with E-state index in [2.05, 4.69) is 0 Å². The summed E-state index contributed by atoms with van der Waals surface area (Å²) in [6.45, 7) is 5.32. The van der Waals surface area contributed by atoms with Crippen molar-refractivity contribution in [3.05, 3.63) is 71.1 Å². The molecule has 0 N–H and O–H groups in total. The molecule has 0 aliphatic heterocycles. The molecule has 0 spiro atoms. The van der Waals surface area contributed by atoms with Gasteiger partial charge in [-0.1, -0.05) is 0 Å². The van der Waals surface area contributed by atoms with Crippen LogP contribution in [0.4, 0.5) is 4.79 Å². The predicted molar refractivity (Wildman–Crippen MR) is 126 cm³/mol. The SMILES string of the molecule is COc1ccc(-c2cc3cc(-c4ccc(OC)cc4)n(C(=O)OC(C)(C)C)c3c(=O)o2)cc1. The largest absolute Gasteiger partial charge is 0.497 e. The summed E-state index contributed by atoms with van der Waals surface area (Å²) in [5.41, 5.74) is 0.695. The van der Waals surface area contributed by atoms with Gasteiger partial charge in [0.2, 0.25) is 0 Å². The Kier molecular flexibility index (Phi) is 5.72. The molecule has 0 unspecified atom stereocenters. The molecule has 2 heterocycles. The average molecular weight is 447 g/mol. The van der Waals surface area contributed by atoms with E-state index < -0.39 is 17.3 Å². The topological polar surface area (TPSA) is 79.9 Å². The van der Waals surface area contributed by atoms with Crippen molar-refractivity contribution in [3.8, 4) is 34.1 Å². The Labute approximate surface area is 191 Å². The summed E-state index contributed by atoms with van der Waals surface area (Å²) in [5.74, 6) is 1.76. The van der Waals surface area contributed by atoms with Gasteiger partial charge in [-0.25, -0.2) is 14.2 Å². The van der Waals surface area contributed by atoms with E-state index in [0.717, 1.165) is 5.56 Å². The minimum Gasteiger partial charge on any atom is -0.497 e. The smallest absolute Gasteiger partial charge is 0.419 e. The number of ether oxygens (including phenoxy) is 3. The van der Waals surface area contributed by atoms with Crippen LogP contribution in [0.3, 0.4) is 0 Å². The van der Waals surface area contributed by atoms with Crippen LogP contribution in [0.25, 0.3) is 33.5 Å². The molecule has 7 heteroatoms. The fraction of sp³-hybridized carbons (Fsp3) is 0.231. The zero-order valence-electron chi connectivity index (χ0n) is 19.2. The molecule has 170 valence electrons. The summed E-state index contributed by atoms with van der Waals surface area (Å²) < 4.78 is 22.9. The van der Waals surface area contributed by atoms with E-state index >= 15 is 0 Å². The highest BCUT2D eigenvalue weighted by atomic mass is 16.6. The lowest BCUT2D eigenvalue weighted by Crippen LogP contribution is -2.28. The molecule has 2 aromatic carbocycles. The van der Waals surface area contributed by atoms with Gasteiger partial charge in [-0.05, 0) is 87.0 Å². The number of rotatable bonds is 4. The van der Waals surface area contributed by atoms with E-state index in [9.17, 15) is 9.59 Å². The molecule has 0 saturated carbocycles. The molecular weight excluding hydrogens is 422 g/mol. The molecule has 0 radical (unpaired) electrons. The molecule has 7 nitrogen and oxygen atoms in total. The molecule has 0 aliphatic rings. The Balaban J connectivity index is 1.92. The number of methoxy groups -OCH3 is 2. The van der Waals surface area contributed by atoms with Gasteiger partial charge < -0.3 is 18.6 Å². The lowest BCUT2D eigenvalue weighted by Gasteiger charge is -2.20. The first-order valence-electron chi connectivity index (χ1n) is 10.4. The van der Waals surface area contributed by atoms with Gasteiger partial charge in [0.05, 0.1) is 19.9 Å². The average Bonchev–Trinajstić information content (AvgIpc) is 3.18. The number of hydrogen-bond acceptors (Lipinski definition) is 6. The van der Waals surface area contributed by atoms with Crippen LogP contribution in [-0.4, -0.2) is 30.5 Å². The molecule has 0 fully saturated rings. The molecule has 4 rings (SSSR count). The zero-order valence-corrected chi connectivity index (χ0v) is 19.2. The van der Waals surface area contributed by atoms with Crippen molar-refractivity contribution >= 4 is 17.0 Å². The van der Waals surface area contributed by atoms with Crippen molar-refractivity contribution in [1.29, 1.82) is 0 Å². The summed E-state index contributed by atoms with van der Waals surface area (Å²) in [7, 11) is 3.17. The predicted octanol–water partition coefficient (Wildman–Crippen LogP) is 5.73. The molecule has 0 amide bonds. The number of carbonyl (C=O) groups excluding carboxylic acids is 1. The molecule has 4 aromatic rings. The first-order valence-corrected chi connectivity index (χ1v) is 10.4. The summed E-state index contributed by atoms with van der Waals surface area (Å²) in [6.07, 6.45) is -0.659. The first-order chi connectivity index (χ1) is 15.7. The van der Waals surface area contributed by atoms with Crippen LogP contribution < -0.4 is 15.1 Å². The van der Waals surface area contributed by atoms with Gasteiger partial charge in [-0.15, -0.1) is 0 Å². The Morgan fingerprint density at radius 2 is 1.39 bits per heavy atom. The summed E-state index contributed by atoms with van der Waals surface area (Å²) in [5, 5.41) is 0.564. The van der Waals surface area contributed by atoms with Crippen molar-refractivity contribution in [2.24, 2.45) is 0 Å². The van der Waals surface area contributed by atoms with E-state index in [1.165, 1.54) is 4.57 Å². The highest BCUT2D eigenvalue weighted by Crippen LogP contribution is 2.32. The third kappa shape index (κ3) is 4.48. The fourth-order valence-corrected chi connectivity index (χ4v) is 3.54. The number of fused-ring (bicyclic) bond motifs is 1. The van der Waals surface area contributed by atoms with Gasteiger partial charge in [0, 0.05) is 10.9 Å². The van der Waals surface area contributed by atoms with Gasteiger partial charge in [-0.2, -0.15) is 0 Å². The Morgan fingerprint density at radius 3 is 1.91 bits per heavy atom. The molecule has 33 heavy (non-hydrogen) atoms. The molecule has 0 aliphatic carbocycles. The maximum atomic E-state index is 13.2. The standard InChI is InChI=1S/C26H25NO6/c1-26(2,3)33-25(29)27-21(16-6-10-19(30-4)11-7-16)14-18-15-22(32-24(28)23(18)27)17-8-12-20(31-5)13-9-17/h6-15H,1-5H3. The molecule has 0 saturated heterocycles. The third-order valence-electron chi connectivity index (χ3n) is 5.05. The van der Waals surface area contributed by atoms with Crippen LogP contribution in [-0.2, 0) is 4.74 Å². The second kappa shape index (κ2) is 8.50. The fourth-order valence-electron chi connectivity index (χ4n) is 3.54.